The molecule has 0 saturated heterocycles. The molecule has 112 valence electrons. The highest BCUT2D eigenvalue weighted by Gasteiger charge is 2.18. The fourth-order valence-corrected chi connectivity index (χ4v) is 1.79. The van der Waals surface area contributed by atoms with Crippen LogP contribution >= 0.6 is 0 Å². The van der Waals surface area contributed by atoms with E-state index in [4.69, 9.17) is 15.5 Å². The number of anilines is 1. The number of carbonyl (C=O) groups excluding carboxylic acids is 1. The highest BCUT2D eigenvalue weighted by atomic mass is 16.3. The molecule has 0 unspecified atom stereocenters. The van der Waals surface area contributed by atoms with Gasteiger partial charge < -0.3 is 20.0 Å². The smallest absolute Gasteiger partial charge is 0.266 e. The number of amides is 1. The Balaban J connectivity index is 2.92. The van der Waals surface area contributed by atoms with Gasteiger partial charge in [-0.05, 0) is 12.1 Å². The molecular formula is C15H19N3O3. The molecule has 1 aromatic rings. The molecule has 1 rings (SSSR count). The molecule has 0 aliphatic carbocycles. The summed E-state index contributed by atoms with van der Waals surface area (Å²) >= 11 is 0. The number of carbonyl (C=O) groups is 1. The third-order valence-corrected chi connectivity index (χ3v) is 2.86. The summed E-state index contributed by atoms with van der Waals surface area (Å²) in [5, 5.41) is 27.0. The van der Waals surface area contributed by atoms with E-state index in [-0.39, 0.29) is 31.9 Å². The van der Waals surface area contributed by atoms with Crippen LogP contribution in [0.2, 0.25) is 0 Å². The van der Waals surface area contributed by atoms with Crippen molar-refractivity contribution in [2.24, 2.45) is 0 Å². The lowest BCUT2D eigenvalue weighted by Crippen LogP contribution is -2.37. The van der Waals surface area contributed by atoms with Gasteiger partial charge in [0.2, 0.25) is 0 Å². The summed E-state index contributed by atoms with van der Waals surface area (Å²) in [7, 11) is 1.74. The SMILES string of the molecule is CN(/C=C(/C#N)C(=O)N(CCO)CCO)c1ccccc1. The largest absolute Gasteiger partial charge is 0.395 e. The van der Waals surface area contributed by atoms with Crippen LogP contribution in [0.25, 0.3) is 0 Å². The van der Waals surface area contributed by atoms with Crippen LogP contribution in [0.5, 0.6) is 0 Å². The van der Waals surface area contributed by atoms with Crippen LogP contribution in [0.4, 0.5) is 5.69 Å². The van der Waals surface area contributed by atoms with Crippen molar-refractivity contribution in [1.29, 1.82) is 5.26 Å². The van der Waals surface area contributed by atoms with Gasteiger partial charge in [-0.15, -0.1) is 0 Å². The minimum atomic E-state index is -0.511. The van der Waals surface area contributed by atoms with Gasteiger partial charge in [0, 0.05) is 32.0 Å². The van der Waals surface area contributed by atoms with E-state index in [1.807, 2.05) is 36.4 Å². The molecule has 21 heavy (non-hydrogen) atoms. The van der Waals surface area contributed by atoms with Gasteiger partial charge in [-0.2, -0.15) is 5.26 Å². The molecule has 1 aromatic carbocycles. The Bertz CT molecular complexity index is 517. The Morgan fingerprint density at radius 1 is 1.24 bits per heavy atom. The molecule has 0 saturated carbocycles. The van der Waals surface area contributed by atoms with E-state index in [2.05, 4.69) is 0 Å². The quantitative estimate of drug-likeness (QED) is 0.558. The van der Waals surface area contributed by atoms with Crippen molar-refractivity contribution in [2.45, 2.75) is 0 Å². The van der Waals surface area contributed by atoms with Crippen LogP contribution in [-0.4, -0.2) is 54.4 Å². The highest BCUT2D eigenvalue weighted by Crippen LogP contribution is 2.13. The zero-order valence-electron chi connectivity index (χ0n) is 11.9. The van der Waals surface area contributed by atoms with Gasteiger partial charge in [-0.1, -0.05) is 18.2 Å². The highest BCUT2D eigenvalue weighted by molar-refractivity contribution is 5.97. The summed E-state index contributed by atoms with van der Waals surface area (Å²) in [6.07, 6.45) is 1.44. The van der Waals surface area contributed by atoms with E-state index in [1.165, 1.54) is 11.1 Å². The number of nitriles is 1. The lowest BCUT2D eigenvalue weighted by atomic mass is 10.2. The first-order chi connectivity index (χ1) is 10.1. The van der Waals surface area contributed by atoms with Crippen LogP contribution in [0, 0.1) is 11.3 Å². The Labute approximate surface area is 124 Å². The van der Waals surface area contributed by atoms with Crippen molar-refractivity contribution in [3.63, 3.8) is 0 Å². The number of rotatable bonds is 7. The molecule has 0 heterocycles. The fraction of sp³-hybridized carbons (Fsp3) is 0.333. The van der Waals surface area contributed by atoms with E-state index in [1.54, 1.807) is 11.9 Å². The maximum absolute atomic E-state index is 12.2. The number of hydrogen-bond acceptors (Lipinski definition) is 5. The number of aliphatic hydroxyl groups excluding tert-OH is 2. The van der Waals surface area contributed by atoms with Gasteiger partial charge in [-0.25, -0.2) is 0 Å². The molecule has 2 N–H and O–H groups in total. The Morgan fingerprint density at radius 2 is 1.81 bits per heavy atom. The van der Waals surface area contributed by atoms with Crippen molar-refractivity contribution in [3.05, 3.63) is 42.1 Å². The van der Waals surface area contributed by atoms with Gasteiger partial charge in [0.05, 0.1) is 13.2 Å². The van der Waals surface area contributed by atoms with Crippen LogP contribution in [0.15, 0.2) is 42.1 Å². The summed E-state index contributed by atoms with van der Waals surface area (Å²) in [6.45, 7) is -0.293. The molecule has 0 radical (unpaired) electrons. The predicted octanol–water partition coefficient (Wildman–Crippen LogP) is 0.343. The summed E-state index contributed by atoms with van der Waals surface area (Å²) in [6, 6.07) is 11.2. The number of nitrogens with zero attached hydrogens (tertiary/aromatic N) is 3. The molecule has 6 nitrogen and oxygen atoms in total. The van der Waals surface area contributed by atoms with E-state index >= 15 is 0 Å². The zero-order chi connectivity index (χ0) is 15.7. The maximum Gasteiger partial charge on any atom is 0.266 e. The van der Waals surface area contributed by atoms with Gasteiger partial charge in [0.25, 0.3) is 5.91 Å². The van der Waals surface area contributed by atoms with Crippen LogP contribution in [-0.2, 0) is 4.79 Å². The standard InChI is InChI=1S/C15H19N3O3/c1-17(14-5-3-2-4-6-14)12-13(11-16)15(21)18(7-9-19)8-10-20/h2-6,12,19-20H,7-10H2,1H3/b13-12-. The predicted molar refractivity (Wildman–Crippen MR) is 79.3 cm³/mol. The Hall–Kier alpha value is -2.36. The molecule has 0 fully saturated rings. The fourth-order valence-electron chi connectivity index (χ4n) is 1.79. The molecule has 0 aromatic heterocycles. The van der Waals surface area contributed by atoms with Gasteiger partial charge in [0.15, 0.2) is 0 Å². The third-order valence-electron chi connectivity index (χ3n) is 2.86. The molecule has 0 atom stereocenters. The second kappa shape index (κ2) is 8.74. The number of aliphatic hydroxyl groups is 2. The van der Waals surface area contributed by atoms with E-state index in [0.29, 0.717) is 0 Å². The average molecular weight is 289 g/mol. The van der Waals surface area contributed by atoms with Crippen molar-refractivity contribution in [1.82, 2.24) is 4.90 Å². The third kappa shape index (κ3) is 4.91. The first kappa shape index (κ1) is 16.7. The number of benzene rings is 1. The van der Waals surface area contributed by atoms with Crippen molar-refractivity contribution in [2.75, 3.05) is 38.3 Å². The van der Waals surface area contributed by atoms with Crippen LogP contribution < -0.4 is 4.90 Å². The van der Waals surface area contributed by atoms with Crippen molar-refractivity contribution < 1.29 is 15.0 Å². The zero-order valence-corrected chi connectivity index (χ0v) is 11.9. The summed E-state index contributed by atoms with van der Waals surface area (Å²) < 4.78 is 0. The molecular weight excluding hydrogens is 270 g/mol. The second-order valence-corrected chi connectivity index (χ2v) is 4.34. The van der Waals surface area contributed by atoms with E-state index < -0.39 is 5.91 Å². The first-order valence-electron chi connectivity index (χ1n) is 6.54. The minimum absolute atomic E-state index is 0.0525. The summed E-state index contributed by atoms with van der Waals surface area (Å²) in [5.41, 5.74) is 0.789. The molecule has 6 heteroatoms. The molecule has 0 bridgehead atoms. The molecule has 0 aliphatic rings. The lowest BCUT2D eigenvalue weighted by molar-refractivity contribution is -0.127. The first-order valence-corrected chi connectivity index (χ1v) is 6.54. The van der Waals surface area contributed by atoms with Crippen molar-refractivity contribution in [3.8, 4) is 6.07 Å². The topological polar surface area (TPSA) is 87.8 Å². The van der Waals surface area contributed by atoms with Gasteiger partial charge in [-0.3, -0.25) is 4.79 Å². The summed E-state index contributed by atoms with van der Waals surface area (Å²) in [4.78, 5) is 15.1. The lowest BCUT2D eigenvalue weighted by Gasteiger charge is -2.21. The molecule has 0 spiro atoms. The minimum Gasteiger partial charge on any atom is -0.395 e. The van der Waals surface area contributed by atoms with Crippen LogP contribution in [0.3, 0.4) is 0 Å². The Kier molecular flexibility index (Phi) is 6.95. The van der Waals surface area contributed by atoms with Gasteiger partial charge >= 0.3 is 0 Å². The Morgan fingerprint density at radius 3 is 2.29 bits per heavy atom. The second-order valence-electron chi connectivity index (χ2n) is 4.34. The summed E-state index contributed by atoms with van der Waals surface area (Å²) in [5.74, 6) is -0.511. The van der Waals surface area contributed by atoms with Crippen LogP contribution in [0.1, 0.15) is 0 Å². The van der Waals surface area contributed by atoms with Gasteiger partial charge in [0.1, 0.15) is 11.6 Å². The molecule has 0 aliphatic heterocycles. The number of para-hydroxylation sites is 1. The average Bonchev–Trinajstić information content (AvgIpc) is 2.52. The molecule has 1 amide bonds. The normalized spacial score (nSPS) is 10.9. The maximum atomic E-state index is 12.2. The monoisotopic (exact) mass is 289 g/mol. The van der Waals surface area contributed by atoms with E-state index in [0.717, 1.165) is 5.69 Å². The van der Waals surface area contributed by atoms with E-state index in [9.17, 15) is 4.79 Å². The van der Waals surface area contributed by atoms with Crippen molar-refractivity contribution >= 4 is 11.6 Å². The number of hydrogen-bond donors (Lipinski definition) is 2.